The van der Waals surface area contributed by atoms with Crippen molar-refractivity contribution in [3.63, 3.8) is 0 Å². The topological polar surface area (TPSA) is 46.3 Å². The fraction of sp³-hybridized carbons (Fsp3) is 0.688. The normalized spacial score (nSPS) is 22.1. The minimum absolute atomic E-state index is 0.0306. The van der Waals surface area contributed by atoms with Crippen molar-refractivity contribution in [1.82, 2.24) is 4.90 Å². The van der Waals surface area contributed by atoms with Gasteiger partial charge in [-0.2, -0.15) is 0 Å². The summed E-state index contributed by atoms with van der Waals surface area (Å²) < 4.78 is 0. The van der Waals surface area contributed by atoms with Gasteiger partial charge < -0.3 is 10.6 Å². The molecule has 1 aromatic rings. The zero-order valence-corrected chi connectivity index (χ0v) is 13.8. The lowest BCUT2D eigenvalue weighted by molar-refractivity contribution is -0.134. The zero-order valence-electron chi connectivity index (χ0n) is 13.0. The van der Waals surface area contributed by atoms with E-state index in [4.69, 9.17) is 5.73 Å². The van der Waals surface area contributed by atoms with Crippen molar-refractivity contribution < 1.29 is 4.79 Å². The Balaban J connectivity index is 1.91. The highest BCUT2D eigenvalue weighted by Crippen LogP contribution is 2.28. The molecule has 1 aromatic heterocycles. The van der Waals surface area contributed by atoms with Gasteiger partial charge in [-0.05, 0) is 43.7 Å². The Hall–Kier alpha value is -0.870. The monoisotopic (exact) mass is 294 g/mol. The van der Waals surface area contributed by atoms with Gasteiger partial charge in [0.15, 0.2) is 0 Å². The Morgan fingerprint density at radius 1 is 1.50 bits per heavy atom. The maximum atomic E-state index is 12.4. The highest BCUT2D eigenvalue weighted by atomic mass is 32.1. The minimum atomic E-state index is 0.0306. The van der Waals surface area contributed by atoms with Crippen LogP contribution in [-0.2, 0) is 11.2 Å². The number of nitrogens with zero attached hydrogens (tertiary/aromatic N) is 1. The van der Waals surface area contributed by atoms with E-state index in [1.54, 1.807) is 0 Å². The zero-order chi connectivity index (χ0) is 14.9. The third kappa shape index (κ3) is 3.41. The Bertz CT molecular complexity index is 493. The van der Waals surface area contributed by atoms with Crippen molar-refractivity contribution in [2.75, 3.05) is 13.1 Å². The Morgan fingerprint density at radius 3 is 2.75 bits per heavy atom. The summed E-state index contributed by atoms with van der Waals surface area (Å²) in [4.78, 5) is 17.0. The van der Waals surface area contributed by atoms with Crippen molar-refractivity contribution in [3.8, 4) is 0 Å². The molecule has 20 heavy (non-hydrogen) atoms. The predicted octanol–water partition coefficient (Wildman–Crippen LogP) is 2.88. The van der Waals surface area contributed by atoms with E-state index in [1.807, 2.05) is 16.2 Å². The molecule has 3 nitrogen and oxygen atoms in total. The van der Waals surface area contributed by atoms with E-state index in [9.17, 15) is 4.79 Å². The molecule has 1 saturated heterocycles. The number of rotatable bonds is 3. The SMILES string of the molecule is Cc1cc(CCC(=O)N2CCC(N)C(C)(C)C2)c(C)s1. The summed E-state index contributed by atoms with van der Waals surface area (Å²) in [5.74, 6) is 0.272. The first-order valence-electron chi connectivity index (χ1n) is 7.39. The molecule has 0 spiro atoms. The average Bonchev–Trinajstić information content (AvgIpc) is 2.68. The van der Waals surface area contributed by atoms with E-state index in [-0.39, 0.29) is 17.4 Å². The summed E-state index contributed by atoms with van der Waals surface area (Å²) in [5, 5.41) is 0. The van der Waals surface area contributed by atoms with E-state index in [0.29, 0.717) is 6.42 Å². The van der Waals surface area contributed by atoms with Crippen LogP contribution in [0.1, 0.15) is 42.0 Å². The summed E-state index contributed by atoms with van der Waals surface area (Å²) >= 11 is 1.82. The second kappa shape index (κ2) is 5.86. The van der Waals surface area contributed by atoms with Gasteiger partial charge in [-0.3, -0.25) is 4.79 Å². The molecule has 1 aliphatic heterocycles. The van der Waals surface area contributed by atoms with Gasteiger partial charge in [0.1, 0.15) is 0 Å². The molecule has 1 amide bonds. The maximum absolute atomic E-state index is 12.4. The fourth-order valence-electron chi connectivity index (χ4n) is 2.92. The second-order valence-electron chi connectivity index (χ2n) is 6.64. The van der Waals surface area contributed by atoms with Gasteiger partial charge in [0.2, 0.25) is 5.91 Å². The highest BCUT2D eigenvalue weighted by Gasteiger charge is 2.35. The van der Waals surface area contributed by atoms with Crippen LogP contribution in [0, 0.1) is 19.3 Å². The number of carbonyl (C=O) groups excluding carboxylic acids is 1. The molecule has 112 valence electrons. The molecule has 2 rings (SSSR count). The van der Waals surface area contributed by atoms with Crippen LogP contribution in [0.3, 0.4) is 0 Å². The lowest BCUT2D eigenvalue weighted by atomic mass is 9.79. The number of amides is 1. The summed E-state index contributed by atoms with van der Waals surface area (Å²) in [7, 11) is 0. The van der Waals surface area contributed by atoms with Gasteiger partial charge in [0.05, 0.1) is 0 Å². The van der Waals surface area contributed by atoms with Gasteiger partial charge in [-0.1, -0.05) is 13.8 Å². The molecule has 0 radical (unpaired) electrons. The average molecular weight is 294 g/mol. The number of aryl methyl sites for hydroxylation is 3. The summed E-state index contributed by atoms with van der Waals surface area (Å²) in [5.41, 5.74) is 7.48. The standard InChI is InChI=1S/C16H26N2OS/c1-11-9-13(12(2)20-11)5-6-15(19)18-8-7-14(17)16(3,4)10-18/h9,14H,5-8,10,17H2,1-4H3. The third-order valence-corrected chi connectivity index (χ3v) is 5.43. The molecular formula is C16H26N2OS. The molecule has 2 heterocycles. The third-order valence-electron chi connectivity index (χ3n) is 4.42. The smallest absolute Gasteiger partial charge is 0.222 e. The minimum Gasteiger partial charge on any atom is -0.342 e. The van der Waals surface area contributed by atoms with Crippen molar-refractivity contribution >= 4 is 17.2 Å². The van der Waals surface area contributed by atoms with Gasteiger partial charge in [0, 0.05) is 35.3 Å². The Morgan fingerprint density at radius 2 is 2.20 bits per heavy atom. The van der Waals surface area contributed by atoms with Gasteiger partial charge >= 0.3 is 0 Å². The molecule has 0 bridgehead atoms. The van der Waals surface area contributed by atoms with Crippen molar-refractivity contribution in [1.29, 1.82) is 0 Å². The molecule has 0 aliphatic carbocycles. The van der Waals surface area contributed by atoms with E-state index in [0.717, 1.165) is 25.9 Å². The first-order valence-corrected chi connectivity index (χ1v) is 8.20. The molecule has 1 aliphatic rings. The lowest BCUT2D eigenvalue weighted by Gasteiger charge is -2.42. The molecule has 1 fully saturated rings. The molecule has 4 heteroatoms. The van der Waals surface area contributed by atoms with Crippen LogP contribution in [0.4, 0.5) is 0 Å². The lowest BCUT2D eigenvalue weighted by Crippen LogP contribution is -2.54. The van der Waals surface area contributed by atoms with E-state index < -0.39 is 0 Å². The number of likely N-dealkylation sites (tertiary alicyclic amines) is 1. The largest absolute Gasteiger partial charge is 0.342 e. The highest BCUT2D eigenvalue weighted by molar-refractivity contribution is 7.12. The number of carbonyl (C=O) groups is 1. The van der Waals surface area contributed by atoms with Crippen LogP contribution < -0.4 is 5.73 Å². The number of piperidine rings is 1. The number of hydrogen-bond acceptors (Lipinski definition) is 3. The van der Waals surface area contributed by atoms with Crippen LogP contribution in [0.15, 0.2) is 6.07 Å². The van der Waals surface area contributed by atoms with Crippen LogP contribution in [0.25, 0.3) is 0 Å². The summed E-state index contributed by atoms with van der Waals surface area (Å²) in [6.07, 6.45) is 2.38. The van der Waals surface area contributed by atoms with Crippen molar-refractivity contribution in [2.45, 2.75) is 53.0 Å². The maximum Gasteiger partial charge on any atom is 0.222 e. The molecule has 1 unspecified atom stereocenters. The number of nitrogens with two attached hydrogens (primary N) is 1. The van der Waals surface area contributed by atoms with Crippen LogP contribution >= 0.6 is 11.3 Å². The second-order valence-corrected chi connectivity index (χ2v) is 8.10. The van der Waals surface area contributed by atoms with Crippen LogP contribution in [0.5, 0.6) is 0 Å². The summed E-state index contributed by atoms with van der Waals surface area (Å²) in [6.45, 7) is 10.2. The van der Waals surface area contributed by atoms with Gasteiger partial charge in [0.25, 0.3) is 0 Å². The molecular weight excluding hydrogens is 268 g/mol. The van der Waals surface area contributed by atoms with Gasteiger partial charge in [-0.25, -0.2) is 0 Å². The molecule has 0 aromatic carbocycles. The quantitative estimate of drug-likeness (QED) is 0.931. The van der Waals surface area contributed by atoms with E-state index in [2.05, 4.69) is 33.8 Å². The molecule has 2 N–H and O–H groups in total. The molecule has 0 saturated carbocycles. The number of thiophene rings is 1. The van der Waals surface area contributed by atoms with E-state index in [1.165, 1.54) is 15.3 Å². The van der Waals surface area contributed by atoms with Gasteiger partial charge in [-0.15, -0.1) is 11.3 Å². The Kier molecular flexibility index (Phi) is 4.55. The first kappa shape index (κ1) is 15.5. The molecule has 1 atom stereocenters. The summed E-state index contributed by atoms with van der Waals surface area (Å²) in [6, 6.07) is 2.41. The van der Waals surface area contributed by atoms with Crippen LogP contribution in [-0.4, -0.2) is 29.9 Å². The van der Waals surface area contributed by atoms with E-state index >= 15 is 0 Å². The first-order chi connectivity index (χ1) is 9.29. The Labute approximate surface area is 126 Å². The fourth-order valence-corrected chi connectivity index (χ4v) is 3.89. The van der Waals surface area contributed by atoms with Crippen LogP contribution in [0.2, 0.25) is 0 Å². The van der Waals surface area contributed by atoms with Crippen molar-refractivity contribution in [3.05, 3.63) is 21.4 Å². The van der Waals surface area contributed by atoms with Crippen molar-refractivity contribution in [2.24, 2.45) is 11.1 Å². The number of hydrogen-bond donors (Lipinski definition) is 1. The predicted molar refractivity (Wildman–Crippen MR) is 85.1 cm³/mol.